The van der Waals surface area contributed by atoms with Gasteiger partial charge in [-0.2, -0.15) is 0 Å². The molecule has 2 aromatic heterocycles. The first-order valence-electron chi connectivity index (χ1n) is 16.3. The highest BCUT2D eigenvalue weighted by Crippen LogP contribution is 2.41. The van der Waals surface area contributed by atoms with Gasteiger partial charge in [-0.25, -0.2) is 36.9 Å². The number of nitrogen functional groups attached to an aromatic ring is 1. The van der Waals surface area contributed by atoms with Crippen LogP contribution in [0.2, 0.25) is 19.1 Å². The number of nitrogens with zero attached hydrogens (tertiary/aromatic N) is 4. The lowest BCUT2D eigenvalue weighted by molar-refractivity contribution is 0.0610. The minimum Gasteiger partial charge on any atom is -0.382 e. The molecular formula is C31H47F5N5O5PSi. The summed E-state index contributed by atoms with van der Waals surface area (Å²) in [4.78, 5) is 22.3. The molecule has 0 aliphatic heterocycles. The maximum Gasteiger partial charge on any atom is 0.353 e. The van der Waals surface area contributed by atoms with Crippen molar-refractivity contribution in [2.75, 3.05) is 31.9 Å². The van der Waals surface area contributed by atoms with Crippen LogP contribution in [0.25, 0.3) is 11.2 Å². The predicted octanol–water partition coefficient (Wildman–Crippen LogP) is 7.20. The van der Waals surface area contributed by atoms with Gasteiger partial charge in [-0.3, -0.25) is 4.57 Å². The van der Waals surface area contributed by atoms with Gasteiger partial charge in [0.15, 0.2) is 34.7 Å². The fraction of sp³-hybridized carbons (Fsp3) is 0.645. The third-order valence-corrected chi connectivity index (χ3v) is 12.6. The first-order chi connectivity index (χ1) is 22.7. The minimum absolute atomic E-state index is 0.0231. The van der Waals surface area contributed by atoms with E-state index >= 15 is 0 Å². The van der Waals surface area contributed by atoms with Gasteiger partial charge in [0.2, 0.25) is 5.82 Å². The molecule has 1 aromatic carbocycles. The van der Waals surface area contributed by atoms with Gasteiger partial charge in [-0.1, -0.05) is 76.9 Å². The molecule has 3 N–H and O–H groups in total. The lowest BCUT2D eigenvalue weighted by atomic mass is 10.1. The molecule has 17 heteroatoms. The van der Waals surface area contributed by atoms with Crippen LogP contribution in [-0.4, -0.2) is 64.8 Å². The molecule has 2 atom stereocenters. The normalized spacial score (nSPS) is 14.1. The van der Waals surface area contributed by atoms with Gasteiger partial charge in [0.1, 0.15) is 18.2 Å². The van der Waals surface area contributed by atoms with Gasteiger partial charge in [0, 0.05) is 11.8 Å². The minimum atomic E-state index is -3.94. The van der Waals surface area contributed by atoms with Crippen LogP contribution in [0.5, 0.6) is 0 Å². The van der Waals surface area contributed by atoms with Crippen LogP contribution >= 0.6 is 7.60 Å². The number of nitrogens with two attached hydrogens (primary N) is 1. The molecule has 3 rings (SSSR count). The van der Waals surface area contributed by atoms with Crippen molar-refractivity contribution in [3.8, 4) is 0 Å². The van der Waals surface area contributed by atoms with Crippen LogP contribution < -0.4 is 10.9 Å². The topological polar surface area (TPSA) is 135 Å². The van der Waals surface area contributed by atoms with E-state index in [1.54, 1.807) is 30.9 Å². The van der Waals surface area contributed by atoms with Gasteiger partial charge in [-0.15, -0.1) is 0 Å². The highest BCUT2D eigenvalue weighted by atomic mass is 31.2. The summed E-state index contributed by atoms with van der Waals surface area (Å²) in [5, 5.41) is -0.610. The number of benzene rings is 1. The Bertz CT molecular complexity index is 1490. The summed E-state index contributed by atoms with van der Waals surface area (Å²) in [5.41, 5.74) is 6.82. The highest BCUT2D eigenvalue weighted by molar-refractivity contribution is 7.52. The van der Waals surface area contributed by atoms with Crippen LogP contribution in [0.3, 0.4) is 0 Å². The molecule has 0 fully saturated rings. The standard InChI is InChI=1S/C31H47F5N5O5PSi/c1-22(18-41-20-40-28-30(37)38-19-39-31(28)41)45-21-47(42,43)46-16-15-44-14-12-10-8-6-4-5-7-9-11-13-17-48(2,3)29-26(35)24(33)23(32)25(34)27(29)36/h19-20,22H,4-18,21H2,1-3H3,(H,42,43)(H2,37,38,39)/t22-/m1/s1. The van der Waals surface area contributed by atoms with Gasteiger partial charge >= 0.3 is 7.60 Å². The summed E-state index contributed by atoms with van der Waals surface area (Å²) >= 11 is 0. The van der Waals surface area contributed by atoms with E-state index in [9.17, 15) is 31.4 Å². The summed E-state index contributed by atoms with van der Waals surface area (Å²) in [6.45, 7) is 6.09. The SMILES string of the molecule is C[C@H](Cn1cnc2c(N)ncnc21)OCP(=O)(O)OCCOCCCCCCCCCCCC[Si](C)(C)c1c(F)c(F)c(F)c(F)c1F. The summed E-state index contributed by atoms with van der Waals surface area (Å²) in [6, 6.07) is 0.450. The molecule has 0 spiro atoms. The third-order valence-electron chi connectivity index (χ3n) is 8.15. The van der Waals surface area contributed by atoms with E-state index in [0.717, 1.165) is 57.8 Å². The van der Waals surface area contributed by atoms with Crippen LogP contribution in [0.4, 0.5) is 27.8 Å². The van der Waals surface area contributed by atoms with E-state index in [0.29, 0.717) is 36.8 Å². The predicted molar refractivity (Wildman–Crippen MR) is 176 cm³/mol. The zero-order chi connectivity index (χ0) is 35.3. The fourth-order valence-electron chi connectivity index (χ4n) is 5.47. The molecule has 2 heterocycles. The monoisotopic (exact) mass is 723 g/mol. The number of rotatable bonds is 23. The molecular weight excluding hydrogens is 676 g/mol. The molecule has 270 valence electrons. The number of unbranched alkanes of at least 4 members (excludes halogenated alkanes) is 9. The van der Waals surface area contributed by atoms with E-state index in [2.05, 4.69) is 15.0 Å². The molecule has 1 unspecified atom stereocenters. The second-order valence-corrected chi connectivity index (χ2v) is 19.2. The Morgan fingerprint density at radius 2 is 1.40 bits per heavy atom. The van der Waals surface area contributed by atoms with Crippen molar-refractivity contribution in [3.05, 3.63) is 41.7 Å². The second-order valence-electron chi connectivity index (χ2n) is 12.6. The van der Waals surface area contributed by atoms with Gasteiger partial charge in [-0.05, 0) is 13.3 Å². The van der Waals surface area contributed by atoms with Crippen molar-refractivity contribution in [1.29, 1.82) is 0 Å². The van der Waals surface area contributed by atoms with Crippen molar-refractivity contribution in [2.24, 2.45) is 0 Å². The van der Waals surface area contributed by atoms with Crippen molar-refractivity contribution in [2.45, 2.75) is 103 Å². The van der Waals surface area contributed by atoms with Crippen LogP contribution in [0.1, 0.15) is 71.1 Å². The zero-order valence-corrected chi connectivity index (χ0v) is 29.7. The first kappa shape index (κ1) is 39.9. The number of ether oxygens (including phenoxy) is 2. The Morgan fingerprint density at radius 3 is 2.02 bits per heavy atom. The van der Waals surface area contributed by atoms with Crippen molar-refractivity contribution < 1.29 is 45.4 Å². The molecule has 0 saturated heterocycles. The summed E-state index contributed by atoms with van der Waals surface area (Å²) in [7, 11) is -6.79. The lowest BCUT2D eigenvalue weighted by Gasteiger charge is -2.24. The summed E-state index contributed by atoms with van der Waals surface area (Å²) in [5.74, 6) is -8.95. The van der Waals surface area contributed by atoms with E-state index in [4.69, 9.17) is 19.7 Å². The fourth-order valence-corrected chi connectivity index (χ4v) is 9.14. The van der Waals surface area contributed by atoms with Crippen molar-refractivity contribution in [3.63, 3.8) is 0 Å². The molecule has 3 aromatic rings. The summed E-state index contributed by atoms with van der Waals surface area (Å²) < 4.78 is 99.3. The Balaban J connectivity index is 1.14. The Morgan fingerprint density at radius 1 is 0.833 bits per heavy atom. The van der Waals surface area contributed by atoms with Crippen molar-refractivity contribution >= 4 is 37.8 Å². The number of halogens is 5. The van der Waals surface area contributed by atoms with E-state index < -0.39 is 62.4 Å². The summed E-state index contributed by atoms with van der Waals surface area (Å²) in [6.07, 6.45) is 11.8. The first-order valence-corrected chi connectivity index (χ1v) is 21.3. The van der Waals surface area contributed by atoms with Gasteiger partial charge < -0.3 is 29.2 Å². The smallest absolute Gasteiger partial charge is 0.353 e. The number of hydrogen-bond donors (Lipinski definition) is 2. The average Bonchev–Trinajstić information content (AvgIpc) is 3.45. The Hall–Kier alpha value is -2.49. The van der Waals surface area contributed by atoms with E-state index in [-0.39, 0.29) is 19.0 Å². The molecule has 0 aliphatic carbocycles. The molecule has 0 aliphatic rings. The molecule has 0 amide bonds. The Labute approximate surface area is 279 Å². The van der Waals surface area contributed by atoms with E-state index in [1.807, 2.05) is 0 Å². The molecule has 0 bridgehead atoms. The largest absolute Gasteiger partial charge is 0.382 e. The van der Waals surface area contributed by atoms with Crippen molar-refractivity contribution in [1.82, 2.24) is 19.5 Å². The molecule has 0 saturated carbocycles. The molecule has 0 radical (unpaired) electrons. The molecule has 48 heavy (non-hydrogen) atoms. The van der Waals surface area contributed by atoms with Crippen LogP contribution in [0, 0.1) is 29.1 Å². The van der Waals surface area contributed by atoms with Crippen LogP contribution in [-0.2, 0) is 25.1 Å². The third kappa shape index (κ3) is 11.8. The zero-order valence-electron chi connectivity index (χ0n) is 27.8. The molecule has 10 nitrogen and oxygen atoms in total. The average molecular weight is 724 g/mol. The van der Waals surface area contributed by atoms with Crippen LogP contribution in [0.15, 0.2) is 12.7 Å². The van der Waals surface area contributed by atoms with E-state index in [1.165, 1.54) is 6.33 Å². The number of anilines is 1. The van der Waals surface area contributed by atoms with Gasteiger partial charge in [0.05, 0.1) is 40.3 Å². The van der Waals surface area contributed by atoms with Gasteiger partial charge in [0.25, 0.3) is 0 Å². The number of fused-ring (bicyclic) bond motifs is 1. The maximum atomic E-state index is 14.2. The Kier molecular flexibility index (Phi) is 15.8. The number of imidazole rings is 1. The quantitative estimate of drug-likeness (QED) is 0.0260. The number of hydrogen-bond acceptors (Lipinski definition) is 8. The maximum absolute atomic E-state index is 14.2. The highest BCUT2D eigenvalue weighted by Gasteiger charge is 2.36. The number of aromatic nitrogens is 4. The lowest BCUT2D eigenvalue weighted by Crippen LogP contribution is -2.47. The second kappa shape index (κ2) is 19.0.